The smallest absolute Gasteiger partial charge is 0.282 e. The van der Waals surface area contributed by atoms with Gasteiger partial charge in [-0.2, -0.15) is 0 Å². The van der Waals surface area contributed by atoms with Crippen molar-refractivity contribution in [2.75, 3.05) is 13.1 Å². The van der Waals surface area contributed by atoms with Crippen LogP contribution in [0.4, 0.5) is 0 Å². The number of amides is 1. The molecule has 0 radical (unpaired) electrons. The Morgan fingerprint density at radius 1 is 0.974 bits per heavy atom. The van der Waals surface area contributed by atoms with Crippen molar-refractivity contribution in [2.24, 2.45) is 5.92 Å². The molecule has 5 rings (SSSR count). The van der Waals surface area contributed by atoms with Crippen molar-refractivity contribution in [3.63, 3.8) is 0 Å². The van der Waals surface area contributed by atoms with Gasteiger partial charge in [0.05, 0.1) is 15.5 Å². The first-order valence-corrected chi connectivity index (χ1v) is 16.3. The molecule has 1 aromatic heterocycles. The molecule has 0 atom stereocenters. The second-order valence-electron chi connectivity index (χ2n) is 11.9. The maximum absolute atomic E-state index is 13.5. The van der Waals surface area contributed by atoms with Crippen molar-refractivity contribution in [2.45, 2.75) is 89.0 Å². The van der Waals surface area contributed by atoms with Gasteiger partial charge >= 0.3 is 0 Å². The van der Waals surface area contributed by atoms with Crippen LogP contribution >= 0.6 is 11.3 Å². The molecule has 1 aliphatic carbocycles. The van der Waals surface area contributed by atoms with E-state index in [0.717, 1.165) is 53.9 Å². The Labute approximate surface area is 230 Å². The third-order valence-corrected chi connectivity index (χ3v) is 10.5. The fraction of sp³-hybridized carbons (Fsp3) is 0.533. The van der Waals surface area contributed by atoms with Gasteiger partial charge in [0.1, 0.15) is 0 Å². The van der Waals surface area contributed by atoms with E-state index in [9.17, 15) is 13.2 Å². The zero-order valence-electron chi connectivity index (χ0n) is 22.8. The van der Waals surface area contributed by atoms with Crippen LogP contribution < -0.4 is 4.72 Å². The lowest BCUT2D eigenvalue weighted by molar-refractivity contribution is 0.0723. The first kappa shape index (κ1) is 27.3. The van der Waals surface area contributed by atoms with E-state index in [-0.39, 0.29) is 10.8 Å². The lowest BCUT2D eigenvalue weighted by atomic mass is 9.85. The van der Waals surface area contributed by atoms with E-state index in [2.05, 4.69) is 4.72 Å². The Morgan fingerprint density at radius 3 is 2.32 bits per heavy atom. The minimum Gasteiger partial charge on any atom is -0.337 e. The molecule has 3 aromatic rings. The number of piperidine rings is 1. The largest absolute Gasteiger partial charge is 0.337 e. The summed E-state index contributed by atoms with van der Waals surface area (Å²) in [7, 11) is -3.72. The lowest BCUT2D eigenvalue weighted by Gasteiger charge is -2.25. The molecular formula is C30H39N3O3S2. The first-order valence-electron chi connectivity index (χ1n) is 14.0. The van der Waals surface area contributed by atoms with E-state index in [4.69, 9.17) is 4.98 Å². The van der Waals surface area contributed by atoms with Gasteiger partial charge in [-0.05, 0) is 63.8 Å². The summed E-state index contributed by atoms with van der Waals surface area (Å²) in [6.07, 6.45) is 10.3. The number of likely N-dealkylation sites (tertiary alicyclic amines) is 1. The van der Waals surface area contributed by atoms with Crippen LogP contribution in [0.25, 0.3) is 21.2 Å². The fourth-order valence-electron chi connectivity index (χ4n) is 5.85. The van der Waals surface area contributed by atoms with Gasteiger partial charge in [-0.15, -0.1) is 11.3 Å². The molecule has 1 aliphatic heterocycles. The van der Waals surface area contributed by atoms with Crippen LogP contribution in [0.5, 0.6) is 0 Å². The third-order valence-electron chi connectivity index (χ3n) is 7.59. The predicted molar refractivity (Wildman–Crippen MR) is 155 cm³/mol. The summed E-state index contributed by atoms with van der Waals surface area (Å²) in [5, 5.41) is 2.11. The van der Waals surface area contributed by atoms with E-state index in [1.54, 1.807) is 6.07 Å². The average molecular weight is 554 g/mol. The number of hydrogen-bond acceptors (Lipinski definition) is 5. The number of thiazole rings is 1. The number of aromatic nitrogens is 1. The molecule has 2 aliphatic rings. The normalized spacial score (nSPS) is 17.7. The Kier molecular flexibility index (Phi) is 7.94. The third kappa shape index (κ3) is 5.97. The molecular weight excluding hydrogens is 514 g/mol. The van der Waals surface area contributed by atoms with Crippen molar-refractivity contribution in [1.82, 2.24) is 14.6 Å². The molecule has 0 unspecified atom stereocenters. The van der Waals surface area contributed by atoms with Gasteiger partial charge < -0.3 is 4.90 Å². The highest BCUT2D eigenvalue weighted by Gasteiger charge is 2.28. The molecule has 1 N–H and O–H groups in total. The highest BCUT2D eigenvalue weighted by Crippen LogP contribution is 2.40. The van der Waals surface area contributed by atoms with E-state index >= 15 is 0 Å². The van der Waals surface area contributed by atoms with E-state index < -0.39 is 15.6 Å². The zero-order chi connectivity index (χ0) is 26.9. The van der Waals surface area contributed by atoms with E-state index in [1.165, 1.54) is 49.9 Å². The van der Waals surface area contributed by atoms with Crippen LogP contribution in [-0.2, 0) is 16.4 Å². The fourth-order valence-corrected chi connectivity index (χ4v) is 8.58. The number of sulfonamides is 1. The number of rotatable bonds is 6. The van der Waals surface area contributed by atoms with Gasteiger partial charge in [0.15, 0.2) is 5.01 Å². The number of hydrogen-bond donors (Lipinski definition) is 1. The van der Waals surface area contributed by atoms with Gasteiger partial charge in [0.25, 0.3) is 5.91 Å². The molecule has 1 amide bonds. The number of nitrogens with zero attached hydrogens (tertiary/aromatic N) is 2. The first-order chi connectivity index (χ1) is 18.1. The van der Waals surface area contributed by atoms with Gasteiger partial charge in [-0.1, -0.05) is 62.4 Å². The van der Waals surface area contributed by atoms with Gasteiger partial charge in [-0.25, -0.2) is 18.1 Å². The Hall–Kier alpha value is -2.29. The SMILES string of the molecule is CC(C)(C)NS(=O)(=O)c1ccc(-c2sc(C(=O)N3CCCCC3)nc2CC2CCCCC2)c2ccccc12. The summed E-state index contributed by atoms with van der Waals surface area (Å²) < 4.78 is 29.5. The second-order valence-corrected chi connectivity index (χ2v) is 14.5. The van der Waals surface area contributed by atoms with Crippen molar-refractivity contribution >= 4 is 38.0 Å². The summed E-state index contributed by atoms with van der Waals surface area (Å²) >= 11 is 1.47. The zero-order valence-corrected chi connectivity index (χ0v) is 24.4. The number of carbonyl (C=O) groups excluding carboxylic acids is 1. The Morgan fingerprint density at radius 2 is 1.63 bits per heavy atom. The Balaban J connectivity index is 1.60. The maximum Gasteiger partial charge on any atom is 0.282 e. The predicted octanol–water partition coefficient (Wildman–Crippen LogP) is 6.79. The van der Waals surface area contributed by atoms with E-state index in [1.807, 2.05) is 56.0 Å². The molecule has 1 saturated heterocycles. The summed E-state index contributed by atoms with van der Waals surface area (Å²) in [4.78, 5) is 21.7. The summed E-state index contributed by atoms with van der Waals surface area (Å²) in [5.74, 6) is 0.605. The van der Waals surface area contributed by atoms with Crippen molar-refractivity contribution in [1.29, 1.82) is 0 Å². The number of benzene rings is 2. The van der Waals surface area contributed by atoms with Crippen molar-refractivity contribution in [3.8, 4) is 10.4 Å². The van der Waals surface area contributed by atoms with Gasteiger partial charge in [0.2, 0.25) is 10.0 Å². The summed E-state index contributed by atoms with van der Waals surface area (Å²) in [6.45, 7) is 7.12. The summed E-state index contributed by atoms with van der Waals surface area (Å²) in [6, 6.07) is 11.3. The van der Waals surface area contributed by atoms with Gasteiger partial charge in [-0.3, -0.25) is 4.79 Å². The average Bonchev–Trinajstić information content (AvgIpc) is 3.30. The molecule has 38 heavy (non-hydrogen) atoms. The quantitative estimate of drug-likeness (QED) is 0.365. The molecule has 2 fully saturated rings. The molecule has 6 nitrogen and oxygen atoms in total. The monoisotopic (exact) mass is 553 g/mol. The topological polar surface area (TPSA) is 79.4 Å². The highest BCUT2D eigenvalue weighted by atomic mass is 32.2. The van der Waals surface area contributed by atoms with Crippen molar-refractivity contribution < 1.29 is 13.2 Å². The minimum absolute atomic E-state index is 0.0312. The van der Waals surface area contributed by atoms with Crippen LogP contribution in [-0.4, -0.2) is 42.8 Å². The van der Waals surface area contributed by atoms with E-state index in [0.29, 0.717) is 16.3 Å². The second kappa shape index (κ2) is 11.1. The maximum atomic E-state index is 13.5. The van der Waals surface area contributed by atoms with Crippen LogP contribution in [0, 0.1) is 5.92 Å². The van der Waals surface area contributed by atoms with Crippen LogP contribution in [0.1, 0.15) is 87.6 Å². The standard InChI is InChI=1S/C30H39N3O3S2/c1-30(2,3)32-38(35,36)26-17-16-24(22-14-8-9-15-23(22)26)27-25(20-21-12-6-4-7-13-21)31-28(37-27)29(34)33-18-10-5-11-19-33/h8-9,14-17,21,32H,4-7,10-13,18-20H2,1-3H3. The molecule has 204 valence electrons. The van der Waals surface area contributed by atoms with Crippen LogP contribution in [0.3, 0.4) is 0 Å². The molecule has 2 heterocycles. The highest BCUT2D eigenvalue weighted by molar-refractivity contribution is 7.89. The summed E-state index contributed by atoms with van der Waals surface area (Å²) in [5.41, 5.74) is 1.35. The number of carbonyl (C=O) groups is 1. The molecule has 2 aromatic carbocycles. The Bertz CT molecular complexity index is 1410. The van der Waals surface area contributed by atoms with Gasteiger partial charge in [0, 0.05) is 29.6 Å². The van der Waals surface area contributed by atoms with Crippen LogP contribution in [0.2, 0.25) is 0 Å². The van der Waals surface area contributed by atoms with Crippen molar-refractivity contribution in [3.05, 3.63) is 47.1 Å². The molecule has 8 heteroatoms. The number of nitrogens with one attached hydrogen (secondary N) is 1. The molecule has 0 bridgehead atoms. The molecule has 0 spiro atoms. The minimum atomic E-state index is -3.72. The number of fused-ring (bicyclic) bond motifs is 1. The molecule has 1 saturated carbocycles. The van der Waals surface area contributed by atoms with Crippen LogP contribution in [0.15, 0.2) is 41.3 Å². The lowest BCUT2D eigenvalue weighted by Crippen LogP contribution is -2.40.